The van der Waals surface area contributed by atoms with E-state index in [1.54, 1.807) is 24.3 Å². The van der Waals surface area contributed by atoms with Gasteiger partial charge in [-0.2, -0.15) is 0 Å². The van der Waals surface area contributed by atoms with Gasteiger partial charge in [0.1, 0.15) is 17.3 Å². The Labute approximate surface area is 192 Å². The van der Waals surface area contributed by atoms with Gasteiger partial charge < -0.3 is 24.7 Å². The van der Waals surface area contributed by atoms with E-state index in [0.29, 0.717) is 35.0 Å². The predicted molar refractivity (Wildman–Crippen MR) is 123 cm³/mol. The van der Waals surface area contributed by atoms with Crippen molar-refractivity contribution in [2.24, 2.45) is 0 Å². The number of likely N-dealkylation sites (N-methyl/N-ethyl adjacent to an activating group) is 1. The molecule has 0 spiro atoms. The van der Waals surface area contributed by atoms with Gasteiger partial charge in [0, 0.05) is 18.7 Å². The fourth-order valence-corrected chi connectivity index (χ4v) is 4.06. The van der Waals surface area contributed by atoms with Crippen LogP contribution in [0.3, 0.4) is 0 Å². The van der Waals surface area contributed by atoms with Crippen molar-refractivity contribution in [3.05, 3.63) is 64.2 Å². The molecule has 0 radical (unpaired) electrons. The summed E-state index contributed by atoms with van der Waals surface area (Å²) in [7, 11) is 1.45. The molecule has 0 aromatic heterocycles. The number of nitrogens with zero attached hydrogens (tertiary/aromatic N) is 2. The van der Waals surface area contributed by atoms with Gasteiger partial charge in [-0.05, 0) is 49.0 Å². The SMILES string of the molecule is CCN(CC)CCN1C(=O)C(=O)/C(=C(\O)c2ccc(Cl)c(OC)c2)C1c1ccc(O)cc1. The van der Waals surface area contributed by atoms with E-state index in [2.05, 4.69) is 4.90 Å². The molecule has 0 saturated carbocycles. The van der Waals surface area contributed by atoms with Crippen molar-refractivity contribution in [3.8, 4) is 11.5 Å². The van der Waals surface area contributed by atoms with Crippen molar-refractivity contribution in [2.75, 3.05) is 33.3 Å². The highest BCUT2D eigenvalue weighted by atomic mass is 35.5. The third-order valence-corrected chi connectivity index (χ3v) is 6.04. The molecule has 1 amide bonds. The number of benzene rings is 2. The molecular formula is C24H27ClN2O5. The Bertz CT molecular complexity index is 1030. The average Bonchev–Trinajstić information content (AvgIpc) is 3.05. The molecule has 32 heavy (non-hydrogen) atoms. The fourth-order valence-electron chi connectivity index (χ4n) is 3.87. The highest BCUT2D eigenvalue weighted by molar-refractivity contribution is 6.46. The number of amides is 1. The number of carbonyl (C=O) groups excluding carboxylic acids is 2. The van der Waals surface area contributed by atoms with Gasteiger partial charge in [0.25, 0.3) is 11.7 Å². The van der Waals surface area contributed by atoms with E-state index < -0.39 is 17.7 Å². The van der Waals surface area contributed by atoms with Crippen molar-refractivity contribution >= 4 is 29.1 Å². The molecule has 1 saturated heterocycles. The largest absolute Gasteiger partial charge is 0.508 e. The third-order valence-electron chi connectivity index (χ3n) is 5.72. The number of likely N-dealkylation sites (tertiary alicyclic amines) is 1. The number of aliphatic hydroxyl groups is 1. The molecule has 2 aromatic rings. The van der Waals surface area contributed by atoms with Crippen LogP contribution in [0.1, 0.15) is 31.0 Å². The van der Waals surface area contributed by atoms with Gasteiger partial charge in [-0.1, -0.05) is 37.6 Å². The van der Waals surface area contributed by atoms with Crippen LogP contribution in [-0.4, -0.2) is 65.0 Å². The molecule has 3 rings (SSSR count). The Hall–Kier alpha value is -3.03. The van der Waals surface area contributed by atoms with Crippen molar-refractivity contribution in [1.82, 2.24) is 9.80 Å². The minimum absolute atomic E-state index is 0.00962. The number of carbonyl (C=O) groups is 2. The van der Waals surface area contributed by atoms with Crippen LogP contribution in [0.15, 0.2) is 48.0 Å². The summed E-state index contributed by atoms with van der Waals surface area (Å²) in [6, 6.07) is 10.1. The zero-order valence-corrected chi connectivity index (χ0v) is 19.1. The monoisotopic (exact) mass is 458 g/mol. The molecule has 1 atom stereocenters. The zero-order valence-electron chi connectivity index (χ0n) is 18.3. The lowest BCUT2D eigenvalue weighted by molar-refractivity contribution is -0.140. The number of phenolic OH excluding ortho intramolecular Hbond substituents is 1. The maximum absolute atomic E-state index is 13.1. The second-order valence-electron chi connectivity index (χ2n) is 7.46. The molecule has 1 aliphatic rings. The van der Waals surface area contributed by atoms with Crippen LogP contribution in [-0.2, 0) is 9.59 Å². The standard InChI is InChI=1S/C24H27ClN2O5/c1-4-26(5-2)12-13-27-21(15-6-9-17(28)10-7-15)20(23(30)24(27)31)22(29)16-8-11-18(25)19(14-16)32-3/h6-11,14,21,28-29H,4-5,12-13H2,1-3H3/b22-20-. The van der Waals surface area contributed by atoms with E-state index in [1.165, 1.54) is 30.2 Å². The topological polar surface area (TPSA) is 90.3 Å². The Morgan fingerprint density at radius 3 is 2.38 bits per heavy atom. The van der Waals surface area contributed by atoms with Crippen LogP contribution in [0.5, 0.6) is 11.5 Å². The minimum Gasteiger partial charge on any atom is -0.508 e. The summed E-state index contributed by atoms with van der Waals surface area (Å²) in [5.74, 6) is -1.32. The average molecular weight is 459 g/mol. The summed E-state index contributed by atoms with van der Waals surface area (Å²) in [5.41, 5.74) is 0.922. The predicted octanol–water partition coefficient (Wildman–Crippen LogP) is 3.82. The minimum atomic E-state index is -0.784. The Morgan fingerprint density at radius 1 is 1.12 bits per heavy atom. The molecule has 170 valence electrons. The molecular weight excluding hydrogens is 432 g/mol. The number of phenols is 1. The summed E-state index contributed by atoms with van der Waals surface area (Å²) in [6.07, 6.45) is 0. The van der Waals surface area contributed by atoms with E-state index in [9.17, 15) is 19.8 Å². The first-order valence-corrected chi connectivity index (χ1v) is 10.8. The van der Waals surface area contributed by atoms with Crippen LogP contribution >= 0.6 is 11.6 Å². The number of ketones is 1. The Morgan fingerprint density at radius 2 is 1.78 bits per heavy atom. The number of aliphatic hydroxyl groups excluding tert-OH is 1. The molecule has 1 heterocycles. The summed E-state index contributed by atoms with van der Waals surface area (Å²) in [6.45, 7) is 6.59. The van der Waals surface area contributed by atoms with Gasteiger partial charge in [-0.15, -0.1) is 0 Å². The summed E-state index contributed by atoms with van der Waals surface area (Å²) in [5, 5.41) is 21.2. The quantitative estimate of drug-likeness (QED) is 0.355. The number of hydrogen-bond donors (Lipinski definition) is 2. The second-order valence-corrected chi connectivity index (χ2v) is 7.87. The molecule has 0 aliphatic carbocycles. The van der Waals surface area contributed by atoms with Crippen LogP contribution < -0.4 is 4.74 Å². The number of hydrogen-bond acceptors (Lipinski definition) is 6. The number of aromatic hydroxyl groups is 1. The van der Waals surface area contributed by atoms with Crippen LogP contribution in [0, 0.1) is 0 Å². The number of methoxy groups -OCH3 is 1. The van der Waals surface area contributed by atoms with Crippen molar-refractivity contribution in [3.63, 3.8) is 0 Å². The lowest BCUT2D eigenvalue weighted by Crippen LogP contribution is -2.38. The summed E-state index contributed by atoms with van der Waals surface area (Å²) in [4.78, 5) is 29.7. The smallest absolute Gasteiger partial charge is 0.295 e. The number of ether oxygens (including phenoxy) is 1. The lowest BCUT2D eigenvalue weighted by Gasteiger charge is -2.28. The molecule has 0 bridgehead atoms. The van der Waals surface area contributed by atoms with Gasteiger partial charge in [-0.25, -0.2) is 0 Å². The first kappa shape index (κ1) is 23.6. The Balaban J connectivity index is 2.11. The first-order valence-electron chi connectivity index (χ1n) is 10.5. The summed E-state index contributed by atoms with van der Waals surface area (Å²) >= 11 is 6.09. The number of halogens is 1. The maximum atomic E-state index is 13.1. The zero-order chi connectivity index (χ0) is 23.4. The molecule has 2 N–H and O–H groups in total. The lowest BCUT2D eigenvalue weighted by atomic mass is 9.95. The van der Waals surface area contributed by atoms with Crippen LogP contribution in [0.4, 0.5) is 0 Å². The normalized spacial score (nSPS) is 17.9. The van der Waals surface area contributed by atoms with Crippen molar-refractivity contribution in [2.45, 2.75) is 19.9 Å². The van der Waals surface area contributed by atoms with Gasteiger partial charge in [0.15, 0.2) is 0 Å². The molecule has 1 unspecified atom stereocenters. The van der Waals surface area contributed by atoms with E-state index >= 15 is 0 Å². The van der Waals surface area contributed by atoms with Crippen molar-refractivity contribution in [1.29, 1.82) is 0 Å². The Kier molecular flexibility index (Phi) is 7.43. The van der Waals surface area contributed by atoms with Gasteiger partial charge in [-0.3, -0.25) is 9.59 Å². The maximum Gasteiger partial charge on any atom is 0.295 e. The molecule has 2 aromatic carbocycles. The molecule has 1 aliphatic heterocycles. The number of Topliss-reactive ketones (excluding diaryl/α,β-unsaturated/α-hetero) is 1. The van der Waals surface area contributed by atoms with Gasteiger partial charge in [0.2, 0.25) is 0 Å². The van der Waals surface area contributed by atoms with Gasteiger partial charge >= 0.3 is 0 Å². The summed E-state index contributed by atoms with van der Waals surface area (Å²) < 4.78 is 5.22. The fraction of sp³-hybridized carbons (Fsp3) is 0.333. The van der Waals surface area contributed by atoms with Crippen molar-refractivity contribution < 1.29 is 24.5 Å². The molecule has 8 heteroatoms. The van der Waals surface area contributed by atoms with E-state index in [0.717, 1.165) is 13.1 Å². The van der Waals surface area contributed by atoms with Gasteiger partial charge in [0.05, 0.1) is 23.7 Å². The highest BCUT2D eigenvalue weighted by Gasteiger charge is 2.46. The highest BCUT2D eigenvalue weighted by Crippen LogP contribution is 2.40. The molecule has 7 nitrogen and oxygen atoms in total. The molecule has 1 fully saturated rings. The van der Waals surface area contributed by atoms with E-state index in [4.69, 9.17) is 16.3 Å². The van der Waals surface area contributed by atoms with E-state index in [-0.39, 0.29) is 17.1 Å². The van der Waals surface area contributed by atoms with E-state index in [1.807, 2.05) is 13.8 Å². The second kappa shape index (κ2) is 10.1. The first-order chi connectivity index (χ1) is 15.3. The third kappa shape index (κ3) is 4.59. The van der Waals surface area contributed by atoms with Crippen LogP contribution in [0.25, 0.3) is 5.76 Å². The van der Waals surface area contributed by atoms with Crippen LogP contribution in [0.2, 0.25) is 5.02 Å². The number of rotatable bonds is 8.